The lowest BCUT2D eigenvalue weighted by Crippen LogP contribution is -2.28. The van der Waals surface area contributed by atoms with E-state index < -0.39 is 11.0 Å². The van der Waals surface area contributed by atoms with Gasteiger partial charge in [-0.2, -0.15) is 0 Å². The highest BCUT2D eigenvalue weighted by Gasteiger charge is 2.25. The standard InChI is InChI=1S/C13H17Br2N5O3.ClH/c1-2-3-19-9-4-8(14)10(15)12(20(22)23)11(9)18-13(19)17-6-7(21)5-16;/h4,7,21H,2-3,5-6,16H2,1H3,(H,17,18);1H. The second-order valence-corrected chi connectivity index (χ2v) is 6.65. The SMILES string of the molecule is CCCn1c(NCC(O)CN)nc2c([N+](=O)[O-])c(Br)c(Br)cc21.Cl. The molecule has 134 valence electrons. The first-order chi connectivity index (χ1) is 10.9. The number of aliphatic hydroxyl groups excluding tert-OH is 1. The van der Waals surface area contributed by atoms with Crippen LogP contribution < -0.4 is 11.1 Å². The van der Waals surface area contributed by atoms with Crippen LogP contribution in [-0.4, -0.2) is 38.8 Å². The number of halogens is 3. The van der Waals surface area contributed by atoms with Crippen LogP contribution in [0.2, 0.25) is 0 Å². The zero-order valence-corrected chi connectivity index (χ0v) is 16.8. The highest BCUT2D eigenvalue weighted by atomic mass is 79.9. The average Bonchev–Trinajstić information content (AvgIpc) is 2.83. The number of nitro groups is 1. The Balaban J connectivity index is 0.00000288. The van der Waals surface area contributed by atoms with Crippen molar-refractivity contribution in [3.8, 4) is 0 Å². The number of benzene rings is 1. The molecule has 1 aromatic heterocycles. The van der Waals surface area contributed by atoms with Gasteiger partial charge in [-0.3, -0.25) is 10.1 Å². The molecule has 0 saturated carbocycles. The first kappa shape index (κ1) is 21.1. The molecular weight excluding hydrogens is 469 g/mol. The Morgan fingerprint density at radius 2 is 2.21 bits per heavy atom. The van der Waals surface area contributed by atoms with Gasteiger partial charge in [-0.05, 0) is 44.3 Å². The van der Waals surface area contributed by atoms with Crippen LogP contribution in [0.3, 0.4) is 0 Å². The summed E-state index contributed by atoms with van der Waals surface area (Å²) in [6, 6.07) is 1.79. The van der Waals surface area contributed by atoms with E-state index in [-0.39, 0.29) is 31.2 Å². The van der Waals surface area contributed by atoms with Gasteiger partial charge in [0.15, 0.2) is 5.52 Å². The normalized spacial score (nSPS) is 12.0. The number of aryl methyl sites for hydroxylation is 1. The van der Waals surface area contributed by atoms with E-state index in [0.29, 0.717) is 32.5 Å². The maximum absolute atomic E-state index is 11.4. The number of rotatable bonds is 7. The molecule has 1 unspecified atom stereocenters. The number of nitrogens with one attached hydrogen (secondary N) is 1. The molecule has 0 aliphatic carbocycles. The Morgan fingerprint density at radius 3 is 2.75 bits per heavy atom. The van der Waals surface area contributed by atoms with Crippen molar-refractivity contribution in [2.75, 3.05) is 18.4 Å². The van der Waals surface area contributed by atoms with Gasteiger partial charge in [0.2, 0.25) is 5.95 Å². The molecule has 0 saturated heterocycles. The minimum Gasteiger partial charge on any atom is -0.390 e. The molecule has 2 aromatic rings. The average molecular weight is 488 g/mol. The minimum atomic E-state index is -0.710. The summed E-state index contributed by atoms with van der Waals surface area (Å²) in [7, 11) is 0. The third-order valence-corrected chi connectivity index (χ3v) is 5.27. The summed E-state index contributed by atoms with van der Waals surface area (Å²) in [5.41, 5.74) is 6.25. The van der Waals surface area contributed by atoms with Gasteiger partial charge in [0.25, 0.3) is 0 Å². The molecule has 0 amide bonds. The molecule has 0 fully saturated rings. The van der Waals surface area contributed by atoms with E-state index in [1.807, 2.05) is 11.5 Å². The fraction of sp³-hybridized carbons (Fsp3) is 0.462. The van der Waals surface area contributed by atoms with E-state index in [4.69, 9.17) is 5.73 Å². The Bertz CT molecular complexity index is 740. The molecule has 4 N–H and O–H groups in total. The lowest BCUT2D eigenvalue weighted by Gasteiger charge is -2.12. The fourth-order valence-corrected chi connectivity index (χ4v) is 3.08. The maximum Gasteiger partial charge on any atom is 0.312 e. The molecule has 0 aliphatic heterocycles. The van der Waals surface area contributed by atoms with Crippen LogP contribution in [0, 0.1) is 10.1 Å². The number of aliphatic hydroxyl groups is 1. The molecule has 0 spiro atoms. The second kappa shape index (κ2) is 8.95. The Hall–Kier alpha value is -0.940. The summed E-state index contributed by atoms with van der Waals surface area (Å²) >= 11 is 6.57. The molecular formula is C13H18Br2ClN5O3. The van der Waals surface area contributed by atoms with Crippen LogP contribution in [0.5, 0.6) is 0 Å². The number of hydrogen-bond donors (Lipinski definition) is 3. The summed E-state index contributed by atoms with van der Waals surface area (Å²) in [4.78, 5) is 15.3. The van der Waals surface area contributed by atoms with E-state index in [0.717, 1.165) is 6.42 Å². The fourth-order valence-electron chi connectivity index (χ4n) is 2.23. The van der Waals surface area contributed by atoms with Crippen molar-refractivity contribution in [2.24, 2.45) is 5.73 Å². The molecule has 0 aliphatic rings. The first-order valence-electron chi connectivity index (χ1n) is 7.05. The zero-order chi connectivity index (χ0) is 17.1. The Labute approximate surface area is 161 Å². The third-order valence-electron chi connectivity index (χ3n) is 3.31. The molecule has 0 radical (unpaired) electrons. The number of nitrogens with two attached hydrogens (primary N) is 1. The van der Waals surface area contributed by atoms with Gasteiger partial charge in [0.05, 0.1) is 16.5 Å². The lowest BCUT2D eigenvalue weighted by atomic mass is 10.2. The molecule has 11 heteroatoms. The summed E-state index contributed by atoms with van der Waals surface area (Å²) in [5, 5.41) is 24.0. The topological polar surface area (TPSA) is 119 Å². The van der Waals surface area contributed by atoms with Crippen LogP contribution in [-0.2, 0) is 6.54 Å². The number of imidazole rings is 1. The maximum atomic E-state index is 11.4. The monoisotopic (exact) mass is 485 g/mol. The highest BCUT2D eigenvalue weighted by molar-refractivity contribution is 9.13. The van der Waals surface area contributed by atoms with E-state index >= 15 is 0 Å². The van der Waals surface area contributed by atoms with Crippen molar-refractivity contribution < 1.29 is 10.0 Å². The van der Waals surface area contributed by atoms with Gasteiger partial charge >= 0.3 is 5.69 Å². The predicted octanol–water partition coefficient (Wildman–Crippen LogP) is 3.03. The van der Waals surface area contributed by atoms with Crippen molar-refractivity contribution in [2.45, 2.75) is 26.0 Å². The van der Waals surface area contributed by atoms with Crippen molar-refractivity contribution in [1.82, 2.24) is 9.55 Å². The van der Waals surface area contributed by atoms with E-state index in [1.54, 1.807) is 6.07 Å². The molecule has 1 atom stereocenters. The number of nitro benzene ring substituents is 1. The Kier molecular flexibility index (Phi) is 7.87. The molecule has 24 heavy (non-hydrogen) atoms. The van der Waals surface area contributed by atoms with Gasteiger partial charge in [0.1, 0.15) is 4.47 Å². The van der Waals surface area contributed by atoms with Crippen molar-refractivity contribution in [3.05, 3.63) is 25.1 Å². The number of hydrogen-bond acceptors (Lipinski definition) is 6. The number of fused-ring (bicyclic) bond motifs is 1. The molecule has 1 aromatic carbocycles. The van der Waals surface area contributed by atoms with Gasteiger partial charge in [-0.25, -0.2) is 4.98 Å². The lowest BCUT2D eigenvalue weighted by molar-refractivity contribution is -0.384. The van der Waals surface area contributed by atoms with Crippen molar-refractivity contribution in [3.63, 3.8) is 0 Å². The van der Waals surface area contributed by atoms with Crippen molar-refractivity contribution >= 4 is 66.9 Å². The van der Waals surface area contributed by atoms with Crippen LogP contribution in [0.25, 0.3) is 11.0 Å². The Morgan fingerprint density at radius 1 is 1.54 bits per heavy atom. The smallest absolute Gasteiger partial charge is 0.312 e. The summed E-state index contributed by atoms with van der Waals surface area (Å²) in [6.07, 6.45) is 0.125. The molecule has 8 nitrogen and oxygen atoms in total. The van der Waals surface area contributed by atoms with E-state index in [2.05, 4.69) is 42.2 Å². The van der Waals surface area contributed by atoms with E-state index in [1.165, 1.54) is 0 Å². The highest BCUT2D eigenvalue weighted by Crippen LogP contribution is 2.39. The van der Waals surface area contributed by atoms with Gasteiger partial charge in [0, 0.05) is 24.1 Å². The molecule has 1 heterocycles. The summed E-state index contributed by atoms with van der Waals surface area (Å²) in [5.74, 6) is 0.474. The molecule has 0 bridgehead atoms. The van der Waals surface area contributed by atoms with Crippen LogP contribution in [0.1, 0.15) is 13.3 Å². The quantitative estimate of drug-likeness (QED) is 0.408. The van der Waals surface area contributed by atoms with Crippen LogP contribution >= 0.6 is 44.3 Å². The largest absolute Gasteiger partial charge is 0.390 e. The number of aromatic nitrogens is 2. The second-order valence-electron chi connectivity index (χ2n) is 5.00. The predicted molar refractivity (Wildman–Crippen MR) is 103 cm³/mol. The summed E-state index contributed by atoms with van der Waals surface area (Å²) in [6.45, 7) is 2.99. The van der Waals surface area contributed by atoms with Gasteiger partial charge in [-0.1, -0.05) is 6.92 Å². The van der Waals surface area contributed by atoms with E-state index in [9.17, 15) is 15.2 Å². The summed E-state index contributed by atoms with van der Waals surface area (Å²) < 4.78 is 2.80. The first-order valence-corrected chi connectivity index (χ1v) is 8.63. The van der Waals surface area contributed by atoms with Crippen molar-refractivity contribution in [1.29, 1.82) is 0 Å². The molecule has 2 rings (SSSR count). The zero-order valence-electron chi connectivity index (χ0n) is 12.8. The van der Waals surface area contributed by atoms with Gasteiger partial charge in [-0.15, -0.1) is 12.4 Å². The van der Waals surface area contributed by atoms with Gasteiger partial charge < -0.3 is 20.7 Å². The van der Waals surface area contributed by atoms with Crippen LogP contribution in [0.4, 0.5) is 11.6 Å². The number of nitrogens with zero attached hydrogens (tertiary/aromatic N) is 3. The minimum absolute atomic E-state index is 0. The number of anilines is 1. The third kappa shape index (κ3) is 4.17. The van der Waals surface area contributed by atoms with Crippen LogP contribution in [0.15, 0.2) is 15.0 Å².